The van der Waals surface area contributed by atoms with Crippen LogP contribution in [-0.4, -0.2) is 56.5 Å². The molecule has 6 heteroatoms. The van der Waals surface area contributed by atoms with Gasteiger partial charge in [-0.15, -0.1) is 0 Å². The Balaban J connectivity index is 2.05. The van der Waals surface area contributed by atoms with Crippen molar-refractivity contribution < 1.29 is 9.47 Å². The number of nitrogens with zero attached hydrogens (tertiary/aromatic N) is 3. The molecule has 0 saturated carbocycles. The summed E-state index contributed by atoms with van der Waals surface area (Å²) in [5.41, 5.74) is 2.06. The van der Waals surface area contributed by atoms with Crippen molar-refractivity contribution in [2.45, 2.75) is 20.0 Å². The molecular weight excluding hydrogens is 244 g/mol. The van der Waals surface area contributed by atoms with Gasteiger partial charge in [0.05, 0.1) is 25.9 Å². The molecule has 2 rings (SSSR count). The van der Waals surface area contributed by atoms with Crippen molar-refractivity contribution in [3.8, 4) is 0 Å². The molecule has 2 heterocycles. The number of hydrogen-bond acceptors (Lipinski definition) is 6. The first-order valence-electron chi connectivity index (χ1n) is 6.53. The third-order valence-corrected chi connectivity index (χ3v) is 3.16. The number of nitrogens with one attached hydrogen (secondary N) is 1. The fraction of sp³-hybridized carbons (Fsp3) is 0.692. The summed E-state index contributed by atoms with van der Waals surface area (Å²) in [5, 5.41) is 3.34. The lowest BCUT2D eigenvalue weighted by atomic mass is 10.2. The van der Waals surface area contributed by atoms with Crippen molar-refractivity contribution >= 4 is 11.8 Å². The van der Waals surface area contributed by atoms with Crippen LogP contribution in [0, 0.1) is 13.8 Å². The van der Waals surface area contributed by atoms with Crippen molar-refractivity contribution in [1.82, 2.24) is 9.97 Å². The number of ether oxygens (including phenoxy) is 2. The molecule has 106 valence electrons. The zero-order valence-electron chi connectivity index (χ0n) is 12.1. The van der Waals surface area contributed by atoms with Crippen LogP contribution >= 0.6 is 0 Å². The van der Waals surface area contributed by atoms with Crippen LogP contribution in [0.5, 0.6) is 0 Å². The molecule has 1 atom stereocenters. The molecule has 6 nitrogen and oxygen atoms in total. The topological polar surface area (TPSA) is 59.5 Å². The van der Waals surface area contributed by atoms with Gasteiger partial charge in [0.2, 0.25) is 5.95 Å². The number of aromatic nitrogens is 2. The third-order valence-electron chi connectivity index (χ3n) is 3.16. The van der Waals surface area contributed by atoms with Gasteiger partial charge in [-0.3, -0.25) is 0 Å². The molecule has 1 aromatic rings. The molecule has 0 aliphatic carbocycles. The molecule has 0 radical (unpaired) electrons. The third kappa shape index (κ3) is 3.54. The van der Waals surface area contributed by atoms with E-state index in [9.17, 15) is 0 Å². The van der Waals surface area contributed by atoms with Gasteiger partial charge in [0.15, 0.2) is 0 Å². The first-order valence-corrected chi connectivity index (χ1v) is 6.53. The van der Waals surface area contributed by atoms with Crippen LogP contribution in [0.15, 0.2) is 0 Å². The average Bonchev–Trinajstić information content (AvgIpc) is 2.41. The number of aryl methyl sites for hydroxylation is 1. The van der Waals surface area contributed by atoms with Crippen LogP contribution in [-0.2, 0) is 9.47 Å². The van der Waals surface area contributed by atoms with Crippen molar-refractivity contribution in [2.75, 3.05) is 50.7 Å². The molecule has 1 unspecified atom stereocenters. The Hall–Kier alpha value is -1.40. The summed E-state index contributed by atoms with van der Waals surface area (Å²) < 4.78 is 11.0. The highest BCUT2D eigenvalue weighted by molar-refractivity contribution is 5.50. The van der Waals surface area contributed by atoms with Gasteiger partial charge < -0.3 is 19.7 Å². The summed E-state index contributed by atoms with van der Waals surface area (Å²) in [5.74, 6) is 1.58. The standard InChI is InChI=1S/C13H22N4O2/c1-9-10(2)15-13(17(3)4)16-12(9)14-7-11-8-18-5-6-19-11/h11H,5-8H2,1-4H3,(H,14,15,16). The van der Waals surface area contributed by atoms with E-state index in [1.54, 1.807) is 0 Å². The van der Waals surface area contributed by atoms with Crippen molar-refractivity contribution in [2.24, 2.45) is 0 Å². The molecule has 1 N–H and O–H groups in total. The van der Waals surface area contributed by atoms with Gasteiger partial charge in [0, 0.05) is 31.9 Å². The Morgan fingerprint density at radius 2 is 2.05 bits per heavy atom. The monoisotopic (exact) mass is 266 g/mol. The van der Waals surface area contributed by atoms with E-state index in [0.717, 1.165) is 17.1 Å². The van der Waals surface area contributed by atoms with Gasteiger partial charge in [-0.25, -0.2) is 4.98 Å². The maximum atomic E-state index is 5.61. The summed E-state index contributed by atoms with van der Waals surface area (Å²) in [6.45, 7) is 6.70. The maximum absolute atomic E-state index is 5.61. The van der Waals surface area contributed by atoms with Crippen LogP contribution < -0.4 is 10.2 Å². The molecule has 1 fully saturated rings. The maximum Gasteiger partial charge on any atom is 0.227 e. The molecule has 1 saturated heterocycles. The molecule has 0 aromatic carbocycles. The minimum absolute atomic E-state index is 0.0891. The first kappa shape index (κ1) is 14.0. The molecule has 0 bridgehead atoms. The molecule has 0 spiro atoms. The van der Waals surface area contributed by atoms with E-state index in [0.29, 0.717) is 32.3 Å². The second kappa shape index (κ2) is 6.16. The Labute approximate surface area is 114 Å². The van der Waals surface area contributed by atoms with E-state index in [1.165, 1.54) is 0 Å². The molecule has 1 aromatic heterocycles. The van der Waals surface area contributed by atoms with Crippen molar-refractivity contribution in [1.29, 1.82) is 0 Å². The molecule has 1 aliphatic heterocycles. The van der Waals surface area contributed by atoms with Crippen LogP contribution in [0.4, 0.5) is 11.8 Å². The summed E-state index contributed by atoms with van der Waals surface area (Å²) in [4.78, 5) is 10.9. The second-order valence-corrected chi connectivity index (χ2v) is 4.93. The highest BCUT2D eigenvalue weighted by Gasteiger charge is 2.15. The summed E-state index contributed by atoms with van der Waals surface area (Å²) in [7, 11) is 3.87. The van der Waals surface area contributed by atoms with E-state index >= 15 is 0 Å². The Kier molecular flexibility index (Phi) is 4.55. The minimum atomic E-state index is 0.0891. The van der Waals surface area contributed by atoms with Gasteiger partial charge >= 0.3 is 0 Å². The predicted molar refractivity (Wildman–Crippen MR) is 74.9 cm³/mol. The minimum Gasteiger partial charge on any atom is -0.376 e. The molecule has 19 heavy (non-hydrogen) atoms. The second-order valence-electron chi connectivity index (χ2n) is 4.93. The van der Waals surface area contributed by atoms with Crippen LogP contribution in [0.25, 0.3) is 0 Å². The highest BCUT2D eigenvalue weighted by Crippen LogP contribution is 2.18. The fourth-order valence-corrected chi connectivity index (χ4v) is 1.85. The van der Waals surface area contributed by atoms with Gasteiger partial charge in [0.25, 0.3) is 0 Å². The summed E-state index contributed by atoms with van der Waals surface area (Å²) >= 11 is 0. The Morgan fingerprint density at radius 3 is 2.68 bits per heavy atom. The number of hydrogen-bond donors (Lipinski definition) is 1. The lowest BCUT2D eigenvalue weighted by molar-refractivity contribution is -0.0819. The molecule has 1 aliphatic rings. The Morgan fingerprint density at radius 1 is 1.26 bits per heavy atom. The Bertz CT molecular complexity index is 431. The van der Waals surface area contributed by atoms with Gasteiger partial charge in [-0.1, -0.05) is 0 Å². The van der Waals surface area contributed by atoms with E-state index < -0.39 is 0 Å². The molecular formula is C13H22N4O2. The fourth-order valence-electron chi connectivity index (χ4n) is 1.85. The smallest absolute Gasteiger partial charge is 0.227 e. The zero-order valence-corrected chi connectivity index (χ0v) is 12.1. The SMILES string of the molecule is Cc1nc(N(C)C)nc(NCC2COCCO2)c1C. The summed E-state index contributed by atoms with van der Waals surface area (Å²) in [6, 6.07) is 0. The summed E-state index contributed by atoms with van der Waals surface area (Å²) in [6.07, 6.45) is 0.0891. The highest BCUT2D eigenvalue weighted by atomic mass is 16.6. The van der Waals surface area contributed by atoms with Crippen LogP contribution in [0.3, 0.4) is 0 Å². The first-order chi connectivity index (χ1) is 9.08. The van der Waals surface area contributed by atoms with Crippen molar-refractivity contribution in [3.05, 3.63) is 11.3 Å². The lowest BCUT2D eigenvalue weighted by Gasteiger charge is -2.24. The van der Waals surface area contributed by atoms with Crippen molar-refractivity contribution in [3.63, 3.8) is 0 Å². The van der Waals surface area contributed by atoms with E-state index in [4.69, 9.17) is 9.47 Å². The van der Waals surface area contributed by atoms with Gasteiger partial charge in [-0.05, 0) is 13.8 Å². The van der Waals surface area contributed by atoms with Gasteiger partial charge in [0.1, 0.15) is 5.82 Å². The largest absolute Gasteiger partial charge is 0.376 e. The van der Waals surface area contributed by atoms with E-state index in [-0.39, 0.29) is 6.10 Å². The van der Waals surface area contributed by atoms with Crippen LogP contribution in [0.1, 0.15) is 11.3 Å². The van der Waals surface area contributed by atoms with Crippen LogP contribution in [0.2, 0.25) is 0 Å². The van der Waals surface area contributed by atoms with Gasteiger partial charge in [-0.2, -0.15) is 4.98 Å². The quantitative estimate of drug-likeness (QED) is 0.877. The number of rotatable bonds is 4. The normalized spacial score (nSPS) is 19.3. The predicted octanol–water partition coefficient (Wildman–Crippen LogP) is 0.987. The molecule has 0 amide bonds. The van der Waals surface area contributed by atoms with E-state index in [1.807, 2.05) is 32.8 Å². The lowest BCUT2D eigenvalue weighted by Crippen LogP contribution is -2.34. The average molecular weight is 266 g/mol. The zero-order chi connectivity index (χ0) is 13.8. The number of anilines is 2. The van der Waals surface area contributed by atoms with E-state index in [2.05, 4.69) is 15.3 Å².